The van der Waals surface area contributed by atoms with Crippen molar-refractivity contribution in [3.8, 4) is 0 Å². The number of nitrogens with one attached hydrogen (secondary N) is 1. The molecule has 1 fully saturated rings. The van der Waals surface area contributed by atoms with Crippen LogP contribution in [0.5, 0.6) is 0 Å². The van der Waals surface area contributed by atoms with Gasteiger partial charge in [-0.2, -0.15) is 0 Å². The fourth-order valence-corrected chi connectivity index (χ4v) is 2.43. The van der Waals surface area contributed by atoms with Crippen LogP contribution in [0, 0.1) is 17.8 Å². The molecule has 1 aliphatic heterocycles. The molecule has 0 radical (unpaired) electrons. The quantitative estimate of drug-likeness (QED) is 0.671. The van der Waals surface area contributed by atoms with Crippen LogP contribution in [-0.2, 0) is 0 Å². The minimum absolute atomic E-state index is 0.775. The predicted molar refractivity (Wildman–Crippen MR) is 71.7 cm³/mol. The van der Waals surface area contributed by atoms with Crippen LogP contribution in [-0.4, -0.2) is 37.6 Å². The molecule has 1 rings (SSSR count). The molecular weight excluding hydrogens is 196 g/mol. The first-order chi connectivity index (χ1) is 7.59. The first-order valence-electron chi connectivity index (χ1n) is 7.02. The highest BCUT2D eigenvalue weighted by molar-refractivity contribution is 4.77. The van der Waals surface area contributed by atoms with Gasteiger partial charge in [-0.05, 0) is 56.8 Å². The van der Waals surface area contributed by atoms with Crippen LogP contribution in [0.25, 0.3) is 0 Å². The van der Waals surface area contributed by atoms with Gasteiger partial charge in [0.05, 0.1) is 0 Å². The fourth-order valence-electron chi connectivity index (χ4n) is 2.43. The summed E-state index contributed by atoms with van der Waals surface area (Å²) in [6.45, 7) is 15.5. The number of nitrogens with zero attached hydrogens (tertiary/aromatic N) is 1. The van der Waals surface area contributed by atoms with Crippen molar-refractivity contribution in [2.24, 2.45) is 17.8 Å². The Hall–Kier alpha value is -0.0800. The van der Waals surface area contributed by atoms with E-state index in [4.69, 9.17) is 0 Å². The maximum atomic E-state index is 3.52. The third kappa shape index (κ3) is 5.31. The highest BCUT2D eigenvalue weighted by Gasteiger charge is 2.23. The standard InChI is InChI=1S/C14H30N2/c1-12(2)10-15-7-5-8-16-9-6-14(11-16)13(3)4/h12-15H,5-11H2,1-4H3. The molecule has 96 valence electrons. The van der Waals surface area contributed by atoms with E-state index >= 15 is 0 Å². The van der Waals surface area contributed by atoms with Crippen molar-refractivity contribution in [1.82, 2.24) is 10.2 Å². The molecule has 2 nitrogen and oxygen atoms in total. The van der Waals surface area contributed by atoms with E-state index in [2.05, 4.69) is 37.9 Å². The molecule has 1 saturated heterocycles. The van der Waals surface area contributed by atoms with Crippen LogP contribution in [0.15, 0.2) is 0 Å². The van der Waals surface area contributed by atoms with Crippen molar-refractivity contribution < 1.29 is 0 Å². The fraction of sp³-hybridized carbons (Fsp3) is 1.00. The number of rotatable bonds is 7. The second-order valence-corrected chi connectivity index (χ2v) is 6.04. The smallest absolute Gasteiger partial charge is 0.00126 e. The van der Waals surface area contributed by atoms with Gasteiger partial charge in [0.25, 0.3) is 0 Å². The predicted octanol–water partition coefficient (Wildman–Crippen LogP) is 2.60. The lowest BCUT2D eigenvalue weighted by molar-refractivity contribution is 0.298. The van der Waals surface area contributed by atoms with Gasteiger partial charge in [-0.1, -0.05) is 27.7 Å². The third-order valence-corrected chi connectivity index (χ3v) is 3.63. The molecule has 1 atom stereocenters. The van der Waals surface area contributed by atoms with Gasteiger partial charge in [0.2, 0.25) is 0 Å². The first-order valence-corrected chi connectivity index (χ1v) is 7.02. The minimum atomic E-state index is 0.775. The summed E-state index contributed by atoms with van der Waals surface area (Å²) in [6.07, 6.45) is 2.72. The largest absolute Gasteiger partial charge is 0.316 e. The summed E-state index contributed by atoms with van der Waals surface area (Å²) in [6, 6.07) is 0. The van der Waals surface area contributed by atoms with Gasteiger partial charge in [-0.25, -0.2) is 0 Å². The van der Waals surface area contributed by atoms with Crippen molar-refractivity contribution >= 4 is 0 Å². The summed E-state index contributed by atoms with van der Waals surface area (Å²) in [5, 5.41) is 3.52. The highest BCUT2D eigenvalue weighted by Crippen LogP contribution is 2.23. The van der Waals surface area contributed by atoms with Crippen LogP contribution in [0.3, 0.4) is 0 Å². The SMILES string of the molecule is CC(C)CNCCCN1CCC(C(C)C)C1. The molecule has 0 aromatic rings. The van der Waals surface area contributed by atoms with Crippen molar-refractivity contribution in [2.75, 3.05) is 32.7 Å². The second kappa shape index (κ2) is 7.29. The van der Waals surface area contributed by atoms with Gasteiger partial charge in [-0.3, -0.25) is 0 Å². The molecule has 0 spiro atoms. The highest BCUT2D eigenvalue weighted by atomic mass is 15.1. The average molecular weight is 226 g/mol. The Labute approximate surface area is 102 Å². The molecule has 2 heteroatoms. The molecular formula is C14H30N2. The Kier molecular flexibility index (Phi) is 6.37. The van der Waals surface area contributed by atoms with E-state index in [0.29, 0.717) is 0 Å². The molecule has 16 heavy (non-hydrogen) atoms. The van der Waals surface area contributed by atoms with Crippen LogP contribution in [0.4, 0.5) is 0 Å². The van der Waals surface area contributed by atoms with E-state index in [0.717, 1.165) is 24.3 Å². The summed E-state index contributed by atoms with van der Waals surface area (Å²) in [7, 11) is 0. The Balaban J connectivity index is 1.98. The maximum absolute atomic E-state index is 3.52. The number of likely N-dealkylation sites (tertiary alicyclic amines) is 1. The summed E-state index contributed by atoms with van der Waals surface area (Å²) in [5.41, 5.74) is 0. The lowest BCUT2D eigenvalue weighted by Crippen LogP contribution is -2.27. The van der Waals surface area contributed by atoms with Crippen molar-refractivity contribution in [2.45, 2.75) is 40.5 Å². The molecule has 0 saturated carbocycles. The summed E-state index contributed by atoms with van der Waals surface area (Å²) >= 11 is 0. The molecule has 1 heterocycles. The number of hydrogen-bond acceptors (Lipinski definition) is 2. The van der Waals surface area contributed by atoms with Crippen LogP contribution in [0.2, 0.25) is 0 Å². The zero-order valence-electron chi connectivity index (χ0n) is 11.6. The van der Waals surface area contributed by atoms with Gasteiger partial charge in [-0.15, -0.1) is 0 Å². The van der Waals surface area contributed by atoms with E-state index in [1.807, 2.05) is 0 Å². The normalized spacial score (nSPS) is 22.5. The molecule has 0 aliphatic carbocycles. The lowest BCUT2D eigenvalue weighted by Gasteiger charge is -2.18. The summed E-state index contributed by atoms with van der Waals surface area (Å²) in [4.78, 5) is 2.64. The van der Waals surface area contributed by atoms with Crippen LogP contribution in [0.1, 0.15) is 40.5 Å². The minimum Gasteiger partial charge on any atom is -0.316 e. The van der Waals surface area contributed by atoms with E-state index in [9.17, 15) is 0 Å². The topological polar surface area (TPSA) is 15.3 Å². The van der Waals surface area contributed by atoms with E-state index in [1.54, 1.807) is 0 Å². The van der Waals surface area contributed by atoms with Gasteiger partial charge >= 0.3 is 0 Å². The Morgan fingerprint density at radius 1 is 1.25 bits per heavy atom. The van der Waals surface area contributed by atoms with Gasteiger partial charge in [0.1, 0.15) is 0 Å². The first kappa shape index (κ1) is 14.0. The van der Waals surface area contributed by atoms with Crippen LogP contribution < -0.4 is 5.32 Å². The molecule has 0 amide bonds. The number of hydrogen-bond donors (Lipinski definition) is 1. The van der Waals surface area contributed by atoms with Crippen molar-refractivity contribution in [1.29, 1.82) is 0 Å². The summed E-state index contributed by atoms with van der Waals surface area (Å²) in [5.74, 6) is 2.59. The van der Waals surface area contributed by atoms with E-state index in [1.165, 1.54) is 39.0 Å². The van der Waals surface area contributed by atoms with Crippen molar-refractivity contribution in [3.63, 3.8) is 0 Å². The van der Waals surface area contributed by atoms with Gasteiger partial charge in [0, 0.05) is 6.54 Å². The van der Waals surface area contributed by atoms with Crippen molar-refractivity contribution in [3.05, 3.63) is 0 Å². The average Bonchev–Trinajstić information content (AvgIpc) is 2.65. The maximum Gasteiger partial charge on any atom is 0.00126 e. The molecule has 1 N–H and O–H groups in total. The summed E-state index contributed by atoms with van der Waals surface area (Å²) < 4.78 is 0. The monoisotopic (exact) mass is 226 g/mol. The Morgan fingerprint density at radius 2 is 2.00 bits per heavy atom. The van der Waals surface area contributed by atoms with Crippen LogP contribution >= 0.6 is 0 Å². The van der Waals surface area contributed by atoms with E-state index < -0.39 is 0 Å². The zero-order valence-corrected chi connectivity index (χ0v) is 11.6. The zero-order chi connectivity index (χ0) is 12.0. The Morgan fingerprint density at radius 3 is 2.56 bits per heavy atom. The van der Waals surface area contributed by atoms with Gasteiger partial charge in [0.15, 0.2) is 0 Å². The Bertz CT molecular complexity index is 178. The third-order valence-electron chi connectivity index (χ3n) is 3.63. The van der Waals surface area contributed by atoms with Gasteiger partial charge < -0.3 is 10.2 Å². The molecule has 0 aromatic heterocycles. The second-order valence-electron chi connectivity index (χ2n) is 6.04. The molecule has 1 aliphatic rings. The molecule has 1 unspecified atom stereocenters. The molecule has 0 bridgehead atoms. The lowest BCUT2D eigenvalue weighted by atomic mass is 9.95. The van der Waals surface area contributed by atoms with E-state index in [-0.39, 0.29) is 0 Å². The molecule has 0 aromatic carbocycles.